The Morgan fingerprint density at radius 1 is 1.36 bits per heavy atom. The highest BCUT2D eigenvalue weighted by molar-refractivity contribution is 6.05. The summed E-state index contributed by atoms with van der Waals surface area (Å²) < 4.78 is 10.1. The minimum Gasteiger partial charge on any atom is -0.450 e. The van der Waals surface area contributed by atoms with Crippen molar-refractivity contribution in [3.05, 3.63) is 0 Å². The summed E-state index contributed by atoms with van der Waals surface area (Å²) in [5.41, 5.74) is -0.692. The Kier molecular flexibility index (Phi) is 5.90. The van der Waals surface area contributed by atoms with Crippen molar-refractivity contribution in [2.45, 2.75) is 64.7 Å². The zero-order chi connectivity index (χ0) is 16.9. The number of imide groups is 1. The molecule has 8 nitrogen and oxygen atoms in total. The van der Waals surface area contributed by atoms with Crippen molar-refractivity contribution in [2.24, 2.45) is 0 Å². The maximum atomic E-state index is 12.1. The number of ether oxygens (including phenoxy) is 2. The van der Waals surface area contributed by atoms with Gasteiger partial charge in [0, 0.05) is 0 Å². The Balaban J connectivity index is 2.61. The maximum Gasteiger partial charge on any atom is 0.408 e. The van der Waals surface area contributed by atoms with Gasteiger partial charge in [-0.1, -0.05) is 13.3 Å². The van der Waals surface area contributed by atoms with E-state index in [4.69, 9.17) is 9.47 Å². The summed E-state index contributed by atoms with van der Waals surface area (Å²) >= 11 is 0. The Morgan fingerprint density at radius 2 is 2.00 bits per heavy atom. The predicted molar refractivity (Wildman–Crippen MR) is 75.7 cm³/mol. The van der Waals surface area contributed by atoms with E-state index in [-0.39, 0.29) is 6.42 Å². The van der Waals surface area contributed by atoms with E-state index in [9.17, 15) is 19.2 Å². The molecular formula is C14H22N2O6. The van der Waals surface area contributed by atoms with E-state index in [1.165, 1.54) is 0 Å². The molecule has 1 saturated heterocycles. The fraction of sp³-hybridized carbons (Fsp3) is 0.714. The van der Waals surface area contributed by atoms with E-state index in [2.05, 4.69) is 5.32 Å². The summed E-state index contributed by atoms with van der Waals surface area (Å²) in [4.78, 5) is 46.2. The Hall–Kier alpha value is -2.12. The van der Waals surface area contributed by atoms with Gasteiger partial charge in [-0.05, 0) is 27.2 Å². The quantitative estimate of drug-likeness (QED) is 0.569. The van der Waals surface area contributed by atoms with Crippen molar-refractivity contribution in [3.63, 3.8) is 0 Å². The molecule has 1 fully saturated rings. The van der Waals surface area contributed by atoms with E-state index in [1.54, 1.807) is 20.8 Å². The third kappa shape index (κ3) is 5.71. The number of amides is 3. The highest BCUT2D eigenvalue weighted by Gasteiger charge is 2.36. The van der Waals surface area contributed by atoms with Gasteiger partial charge in [-0.3, -0.25) is 14.9 Å². The van der Waals surface area contributed by atoms with Crippen LogP contribution in [0.15, 0.2) is 0 Å². The molecule has 0 aromatic heterocycles. The average Bonchev–Trinajstić information content (AvgIpc) is 2.64. The van der Waals surface area contributed by atoms with Gasteiger partial charge in [0.25, 0.3) is 5.91 Å². The number of hydrogen-bond donors (Lipinski definition) is 2. The molecular weight excluding hydrogens is 292 g/mol. The van der Waals surface area contributed by atoms with Crippen LogP contribution in [0, 0.1) is 0 Å². The third-order valence-corrected chi connectivity index (χ3v) is 2.74. The number of carbonyl (C=O) groups is 4. The number of carbonyl (C=O) groups excluding carboxylic acids is 4. The Morgan fingerprint density at radius 3 is 2.45 bits per heavy atom. The summed E-state index contributed by atoms with van der Waals surface area (Å²) in [5.74, 6) is -1.90. The molecule has 0 spiro atoms. The van der Waals surface area contributed by atoms with Crippen LogP contribution >= 0.6 is 0 Å². The smallest absolute Gasteiger partial charge is 0.408 e. The van der Waals surface area contributed by atoms with Gasteiger partial charge in [0.1, 0.15) is 11.6 Å². The first-order valence-corrected chi connectivity index (χ1v) is 7.16. The van der Waals surface area contributed by atoms with Crippen molar-refractivity contribution < 1.29 is 28.7 Å². The van der Waals surface area contributed by atoms with Crippen LogP contribution in [0.1, 0.15) is 47.0 Å². The summed E-state index contributed by atoms with van der Waals surface area (Å²) in [6.07, 6.45) is -1.13. The van der Waals surface area contributed by atoms with Crippen LogP contribution in [0.4, 0.5) is 4.79 Å². The molecule has 0 aromatic carbocycles. The summed E-state index contributed by atoms with van der Waals surface area (Å²) in [5, 5.41) is 4.47. The van der Waals surface area contributed by atoms with Gasteiger partial charge in [0.05, 0.1) is 6.42 Å². The monoisotopic (exact) mass is 314 g/mol. The average molecular weight is 314 g/mol. The van der Waals surface area contributed by atoms with E-state index < -0.39 is 41.6 Å². The lowest BCUT2D eigenvalue weighted by molar-refractivity contribution is -0.156. The molecule has 2 N–H and O–H groups in total. The Labute approximate surface area is 128 Å². The molecule has 124 valence electrons. The van der Waals surface area contributed by atoms with Crippen LogP contribution in [0.25, 0.3) is 0 Å². The zero-order valence-corrected chi connectivity index (χ0v) is 13.2. The normalized spacial score (nSPS) is 19.4. The molecule has 8 heteroatoms. The predicted octanol–water partition coefficient (Wildman–Crippen LogP) is 0.638. The van der Waals surface area contributed by atoms with Gasteiger partial charge in [-0.2, -0.15) is 0 Å². The largest absolute Gasteiger partial charge is 0.450 e. The lowest BCUT2D eigenvalue weighted by Crippen LogP contribution is -2.45. The number of rotatable bonds is 5. The molecule has 2 atom stereocenters. The van der Waals surface area contributed by atoms with Crippen LogP contribution in [0.3, 0.4) is 0 Å². The maximum absolute atomic E-state index is 12.1. The number of nitrogens with one attached hydrogen (secondary N) is 2. The van der Waals surface area contributed by atoms with Gasteiger partial charge in [-0.25, -0.2) is 9.59 Å². The molecule has 22 heavy (non-hydrogen) atoms. The van der Waals surface area contributed by atoms with Gasteiger partial charge in [0.15, 0.2) is 6.10 Å². The van der Waals surface area contributed by atoms with Gasteiger partial charge in [-0.15, -0.1) is 0 Å². The lowest BCUT2D eigenvalue weighted by Gasteiger charge is -2.23. The second-order valence-electron chi connectivity index (χ2n) is 6.03. The highest BCUT2D eigenvalue weighted by Crippen LogP contribution is 2.11. The molecule has 1 aliphatic rings. The Bertz CT molecular complexity index is 468. The fourth-order valence-electron chi connectivity index (χ4n) is 1.83. The third-order valence-electron chi connectivity index (χ3n) is 2.74. The van der Waals surface area contributed by atoms with Crippen LogP contribution in [0.2, 0.25) is 0 Å². The van der Waals surface area contributed by atoms with Gasteiger partial charge in [0.2, 0.25) is 5.91 Å². The first kappa shape index (κ1) is 17.9. The molecule has 0 radical (unpaired) electrons. The number of esters is 1. The van der Waals surface area contributed by atoms with E-state index >= 15 is 0 Å². The van der Waals surface area contributed by atoms with Crippen molar-refractivity contribution in [3.8, 4) is 0 Å². The molecule has 0 aromatic rings. The molecule has 0 aliphatic carbocycles. The summed E-state index contributed by atoms with van der Waals surface area (Å²) in [6.45, 7) is 6.94. The van der Waals surface area contributed by atoms with Crippen LogP contribution < -0.4 is 10.6 Å². The van der Waals surface area contributed by atoms with Crippen LogP contribution in [0.5, 0.6) is 0 Å². The van der Waals surface area contributed by atoms with Gasteiger partial charge >= 0.3 is 12.1 Å². The molecule has 0 unspecified atom stereocenters. The van der Waals surface area contributed by atoms with E-state index in [0.717, 1.165) is 0 Å². The molecule has 3 amide bonds. The van der Waals surface area contributed by atoms with Crippen molar-refractivity contribution >= 4 is 23.9 Å². The van der Waals surface area contributed by atoms with Crippen LogP contribution in [-0.2, 0) is 23.9 Å². The van der Waals surface area contributed by atoms with E-state index in [1.807, 2.05) is 12.2 Å². The fourth-order valence-corrected chi connectivity index (χ4v) is 1.83. The van der Waals surface area contributed by atoms with Crippen molar-refractivity contribution in [2.75, 3.05) is 0 Å². The topological polar surface area (TPSA) is 111 Å². The second-order valence-corrected chi connectivity index (χ2v) is 6.03. The lowest BCUT2D eigenvalue weighted by atomic mass is 10.1. The van der Waals surface area contributed by atoms with Crippen LogP contribution in [-0.4, -0.2) is 41.6 Å². The molecule has 0 saturated carbocycles. The van der Waals surface area contributed by atoms with E-state index in [0.29, 0.717) is 12.8 Å². The standard InChI is InChI=1S/C14H22N2O6/c1-5-6-8(15-13(20)22-14(2,3)4)12(19)21-9-7-10(17)16-11(9)18/h8-9H,5-7H2,1-4H3,(H,15,20)(H,16,17,18)/t8-,9-/m1/s1. The SMILES string of the molecule is CCC[C@@H](NC(=O)OC(C)(C)C)C(=O)O[C@@H]1CC(=O)NC1=O. The summed E-state index contributed by atoms with van der Waals surface area (Å²) in [7, 11) is 0. The number of hydrogen-bond acceptors (Lipinski definition) is 6. The molecule has 1 heterocycles. The zero-order valence-electron chi connectivity index (χ0n) is 13.2. The molecule has 1 aliphatic heterocycles. The molecule has 0 bridgehead atoms. The minimum atomic E-state index is -1.14. The first-order chi connectivity index (χ1) is 10.1. The highest BCUT2D eigenvalue weighted by atomic mass is 16.6. The second kappa shape index (κ2) is 7.24. The first-order valence-electron chi connectivity index (χ1n) is 7.16. The van der Waals surface area contributed by atoms with Crippen molar-refractivity contribution in [1.29, 1.82) is 0 Å². The number of alkyl carbamates (subject to hydrolysis) is 1. The molecule has 1 rings (SSSR count). The van der Waals surface area contributed by atoms with Crippen molar-refractivity contribution in [1.82, 2.24) is 10.6 Å². The summed E-state index contributed by atoms with van der Waals surface area (Å²) in [6, 6.07) is -0.927. The van der Waals surface area contributed by atoms with Gasteiger partial charge < -0.3 is 14.8 Å². The minimum absolute atomic E-state index is 0.199.